The Bertz CT molecular complexity index is 554. The van der Waals surface area contributed by atoms with Gasteiger partial charge in [-0.2, -0.15) is 0 Å². The Morgan fingerprint density at radius 3 is 2.57 bits per heavy atom. The van der Waals surface area contributed by atoms with E-state index in [0.717, 1.165) is 19.3 Å². The summed E-state index contributed by atoms with van der Waals surface area (Å²) in [7, 11) is 0. The van der Waals surface area contributed by atoms with Crippen molar-refractivity contribution in [3.63, 3.8) is 0 Å². The third kappa shape index (κ3) is 4.96. The highest BCUT2D eigenvalue weighted by molar-refractivity contribution is 6.33. The number of halogens is 1. The van der Waals surface area contributed by atoms with Crippen molar-refractivity contribution >= 4 is 23.4 Å². The predicted octanol–water partition coefficient (Wildman–Crippen LogP) is 3.50. The fraction of sp³-hybridized carbons (Fsp3) is 0.556. The number of amides is 2. The zero-order valence-corrected chi connectivity index (χ0v) is 14.6. The second kappa shape index (κ2) is 8.34. The number of likely N-dealkylation sites (tertiary alicyclic amines) is 1. The van der Waals surface area contributed by atoms with Crippen molar-refractivity contribution in [3.8, 4) is 0 Å². The van der Waals surface area contributed by atoms with Crippen LogP contribution in [0.1, 0.15) is 49.9 Å². The first-order chi connectivity index (χ1) is 11.0. The van der Waals surface area contributed by atoms with Crippen molar-refractivity contribution < 1.29 is 9.59 Å². The maximum absolute atomic E-state index is 12.5. The molecule has 0 spiro atoms. The normalized spacial score (nSPS) is 16.9. The summed E-state index contributed by atoms with van der Waals surface area (Å²) in [5.74, 6) is 0.461. The first-order valence-corrected chi connectivity index (χ1v) is 8.72. The summed E-state index contributed by atoms with van der Waals surface area (Å²) >= 11 is 6.10. The molecule has 1 N–H and O–H groups in total. The first-order valence-electron chi connectivity index (χ1n) is 8.34. The second-order valence-corrected chi connectivity index (χ2v) is 6.70. The third-order valence-corrected chi connectivity index (χ3v) is 4.83. The van der Waals surface area contributed by atoms with E-state index in [1.807, 2.05) is 24.0 Å². The molecule has 5 heteroatoms. The standard InChI is InChI=1S/C18H25ClN2O2/c1-3-13(2)20-17(22)12-14-8-10-21(11-9-14)18(23)15-6-4-5-7-16(15)19/h4-7,13-14H,3,8-12H2,1-2H3,(H,20,22)/t13-/m1/s1. The van der Waals surface area contributed by atoms with Crippen LogP contribution in [0, 0.1) is 5.92 Å². The van der Waals surface area contributed by atoms with Crippen LogP contribution in [0.3, 0.4) is 0 Å². The van der Waals surface area contributed by atoms with Gasteiger partial charge in [0, 0.05) is 25.6 Å². The Labute approximate surface area is 143 Å². The molecule has 1 aromatic rings. The van der Waals surface area contributed by atoms with Crippen LogP contribution in [-0.2, 0) is 4.79 Å². The molecule has 4 nitrogen and oxygen atoms in total. The molecule has 2 amide bonds. The minimum atomic E-state index is -0.0156. The quantitative estimate of drug-likeness (QED) is 0.894. The number of rotatable bonds is 5. The van der Waals surface area contributed by atoms with Crippen molar-refractivity contribution in [2.24, 2.45) is 5.92 Å². The van der Waals surface area contributed by atoms with Crippen LogP contribution >= 0.6 is 11.6 Å². The number of carbonyl (C=O) groups is 2. The molecular formula is C18H25ClN2O2. The Hall–Kier alpha value is -1.55. The summed E-state index contributed by atoms with van der Waals surface area (Å²) in [5, 5.41) is 3.50. The van der Waals surface area contributed by atoms with E-state index in [-0.39, 0.29) is 17.9 Å². The molecule has 0 radical (unpaired) electrons. The van der Waals surface area contributed by atoms with E-state index in [9.17, 15) is 9.59 Å². The molecule has 126 valence electrons. The van der Waals surface area contributed by atoms with E-state index in [0.29, 0.717) is 36.0 Å². The van der Waals surface area contributed by atoms with Crippen molar-refractivity contribution in [1.29, 1.82) is 0 Å². The summed E-state index contributed by atoms with van der Waals surface area (Å²) in [6.45, 7) is 5.45. The average Bonchev–Trinajstić information content (AvgIpc) is 2.55. The molecular weight excluding hydrogens is 312 g/mol. The van der Waals surface area contributed by atoms with Crippen molar-refractivity contribution in [2.45, 2.75) is 45.6 Å². The lowest BCUT2D eigenvalue weighted by Gasteiger charge is -2.32. The van der Waals surface area contributed by atoms with E-state index in [4.69, 9.17) is 11.6 Å². The van der Waals surface area contributed by atoms with Gasteiger partial charge in [-0.25, -0.2) is 0 Å². The monoisotopic (exact) mass is 336 g/mol. The van der Waals surface area contributed by atoms with Gasteiger partial charge in [0.25, 0.3) is 5.91 Å². The molecule has 1 heterocycles. The molecule has 0 aliphatic carbocycles. The van der Waals surface area contributed by atoms with Crippen LogP contribution in [0.4, 0.5) is 0 Å². The number of carbonyl (C=O) groups excluding carboxylic acids is 2. The van der Waals surface area contributed by atoms with Gasteiger partial charge in [0.2, 0.25) is 5.91 Å². The van der Waals surface area contributed by atoms with Gasteiger partial charge in [0.1, 0.15) is 0 Å². The van der Waals surface area contributed by atoms with Crippen LogP contribution in [0.5, 0.6) is 0 Å². The Balaban J connectivity index is 1.83. The fourth-order valence-electron chi connectivity index (χ4n) is 2.84. The molecule has 0 unspecified atom stereocenters. The third-order valence-electron chi connectivity index (χ3n) is 4.50. The highest BCUT2D eigenvalue weighted by atomic mass is 35.5. The van der Waals surface area contributed by atoms with E-state index < -0.39 is 0 Å². The summed E-state index contributed by atoms with van der Waals surface area (Å²) in [5.41, 5.74) is 0.558. The predicted molar refractivity (Wildman–Crippen MR) is 92.6 cm³/mol. The van der Waals surface area contributed by atoms with Gasteiger partial charge in [-0.3, -0.25) is 9.59 Å². The number of nitrogens with one attached hydrogen (secondary N) is 1. The van der Waals surface area contributed by atoms with Crippen LogP contribution in [0.25, 0.3) is 0 Å². The number of hydrogen-bond acceptors (Lipinski definition) is 2. The van der Waals surface area contributed by atoms with Crippen molar-refractivity contribution in [2.75, 3.05) is 13.1 Å². The van der Waals surface area contributed by atoms with Crippen molar-refractivity contribution in [3.05, 3.63) is 34.9 Å². The highest BCUT2D eigenvalue weighted by Gasteiger charge is 2.26. The fourth-order valence-corrected chi connectivity index (χ4v) is 3.06. The molecule has 1 aliphatic heterocycles. The second-order valence-electron chi connectivity index (χ2n) is 6.30. The minimum Gasteiger partial charge on any atom is -0.354 e. The van der Waals surface area contributed by atoms with E-state index in [1.165, 1.54) is 0 Å². The summed E-state index contributed by atoms with van der Waals surface area (Å²) in [4.78, 5) is 26.3. The summed E-state index contributed by atoms with van der Waals surface area (Å²) < 4.78 is 0. The highest BCUT2D eigenvalue weighted by Crippen LogP contribution is 2.24. The SMILES string of the molecule is CC[C@@H](C)NC(=O)CC1CCN(C(=O)c2ccccc2Cl)CC1. The van der Waals surface area contributed by atoms with Crippen LogP contribution in [-0.4, -0.2) is 35.8 Å². The van der Waals surface area contributed by atoms with Gasteiger partial charge < -0.3 is 10.2 Å². The van der Waals surface area contributed by atoms with E-state index in [2.05, 4.69) is 12.2 Å². The molecule has 0 aromatic heterocycles. The Kier molecular flexibility index (Phi) is 6.46. The zero-order chi connectivity index (χ0) is 16.8. The van der Waals surface area contributed by atoms with E-state index in [1.54, 1.807) is 12.1 Å². The van der Waals surface area contributed by atoms with E-state index >= 15 is 0 Å². The van der Waals surface area contributed by atoms with Crippen LogP contribution in [0.2, 0.25) is 5.02 Å². The molecule has 23 heavy (non-hydrogen) atoms. The number of nitrogens with zero attached hydrogens (tertiary/aromatic N) is 1. The molecule has 0 bridgehead atoms. The van der Waals surface area contributed by atoms with Gasteiger partial charge in [-0.15, -0.1) is 0 Å². The van der Waals surface area contributed by atoms with Crippen LogP contribution in [0.15, 0.2) is 24.3 Å². The first kappa shape index (κ1) is 17.8. The lowest BCUT2D eigenvalue weighted by atomic mass is 9.92. The minimum absolute atomic E-state index is 0.0156. The van der Waals surface area contributed by atoms with Gasteiger partial charge in [0.05, 0.1) is 10.6 Å². The molecule has 1 aliphatic rings. The lowest BCUT2D eigenvalue weighted by Crippen LogP contribution is -2.40. The number of benzene rings is 1. The van der Waals surface area contributed by atoms with Gasteiger partial charge in [-0.1, -0.05) is 30.7 Å². The molecule has 1 aromatic carbocycles. The van der Waals surface area contributed by atoms with Gasteiger partial charge in [0.15, 0.2) is 0 Å². The van der Waals surface area contributed by atoms with Gasteiger partial charge >= 0.3 is 0 Å². The Morgan fingerprint density at radius 2 is 1.96 bits per heavy atom. The summed E-state index contributed by atoms with van der Waals surface area (Å²) in [6.07, 6.45) is 3.23. The number of hydrogen-bond donors (Lipinski definition) is 1. The smallest absolute Gasteiger partial charge is 0.255 e. The molecule has 2 rings (SSSR count). The van der Waals surface area contributed by atoms with Crippen molar-refractivity contribution in [1.82, 2.24) is 10.2 Å². The molecule has 1 fully saturated rings. The summed E-state index contributed by atoms with van der Waals surface area (Å²) in [6, 6.07) is 7.37. The average molecular weight is 337 g/mol. The number of piperidine rings is 1. The molecule has 1 saturated heterocycles. The topological polar surface area (TPSA) is 49.4 Å². The maximum Gasteiger partial charge on any atom is 0.255 e. The molecule has 0 saturated carbocycles. The lowest BCUT2D eigenvalue weighted by molar-refractivity contribution is -0.122. The maximum atomic E-state index is 12.5. The van der Waals surface area contributed by atoms with Crippen LogP contribution < -0.4 is 5.32 Å². The van der Waals surface area contributed by atoms with Gasteiger partial charge in [-0.05, 0) is 44.2 Å². The largest absolute Gasteiger partial charge is 0.354 e. The Morgan fingerprint density at radius 1 is 1.30 bits per heavy atom. The zero-order valence-electron chi connectivity index (χ0n) is 13.8. The molecule has 1 atom stereocenters.